The molecule has 0 radical (unpaired) electrons. The van der Waals surface area contributed by atoms with Crippen molar-refractivity contribution in [3.05, 3.63) is 35.4 Å². The van der Waals surface area contributed by atoms with Crippen LogP contribution in [0.5, 0.6) is 0 Å². The van der Waals surface area contributed by atoms with Crippen LogP contribution >= 0.6 is 0 Å². The summed E-state index contributed by atoms with van der Waals surface area (Å²) in [4.78, 5) is 23.0. The summed E-state index contributed by atoms with van der Waals surface area (Å²) >= 11 is 0. The SMILES string of the molecule is NC(=O)c1cccc(CNC(=O)CCC2CCCNC2)c1. The van der Waals surface area contributed by atoms with Crippen LogP contribution in [-0.2, 0) is 11.3 Å². The van der Waals surface area contributed by atoms with Crippen LogP contribution in [-0.4, -0.2) is 24.9 Å². The Balaban J connectivity index is 1.73. The Hall–Kier alpha value is -1.88. The third kappa shape index (κ3) is 5.19. The standard InChI is InChI=1S/C16H23N3O2/c17-16(21)14-5-1-3-13(9-14)11-19-15(20)7-6-12-4-2-8-18-10-12/h1,3,5,9,12,18H,2,4,6-8,10-11H2,(H2,17,21)(H,19,20). The summed E-state index contributed by atoms with van der Waals surface area (Å²) in [6.07, 6.45) is 3.90. The summed E-state index contributed by atoms with van der Waals surface area (Å²) in [7, 11) is 0. The summed E-state index contributed by atoms with van der Waals surface area (Å²) < 4.78 is 0. The number of nitrogens with two attached hydrogens (primary N) is 1. The van der Waals surface area contributed by atoms with Crippen LogP contribution in [0.1, 0.15) is 41.6 Å². The zero-order chi connectivity index (χ0) is 15.1. The molecule has 4 N–H and O–H groups in total. The number of carbonyl (C=O) groups excluding carboxylic acids is 2. The van der Waals surface area contributed by atoms with Crippen LogP contribution in [0.2, 0.25) is 0 Å². The maximum atomic E-state index is 11.9. The number of amides is 2. The van der Waals surface area contributed by atoms with Crippen LogP contribution in [0.3, 0.4) is 0 Å². The molecule has 5 nitrogen and oxygen atoms in total. The van der Waals surface area contributed by atoms with E-state index < -0.39 is 5.91 Å². The number of hydrogen-bond acceptors (Lipinski definition) is 3. The lowest BCUT2D eigenvalue weighted by molar-refractivity contribution is -0.121. The largest absolute Gasteiger partial charge is 0.366 e. The molecule has 1 aromatic rings. The first kappa shape index (κ1) is 15.5. The van der Waals surface area contributed by atoms with E-state index >= 15 is 0 Å². The third-order valence-corrected chi connectivity index (χ3v) is 3.88. The van der Waals surface area contributed by atoms with E-state index in [1.807, 2.05) is 6.07 Å². The topological polar surface area (TPSA) is 84.2 Å². The second-order valence-electron chi connectivity index (χ2n) is 5.59. The monoisotopic (exact) mass is 289 g/mol. The number of benzene rings is 1. The fourth-order valence-electron chi connectivity index (χ4n) is 2.63. The van der Waals surface area contributed by atoms with Crippen LogP contribution < -0.4 is 16.4 Å². The Kier molecular flexibility index (Phi) is 5.75. The summed E-state index contributed by atoms with van der Waals surface area (Å²) in [5, 5.41) is 6.25. The molecule has 1 saturated heterocycles. The molecule has 1 heterocycles. The minimum atomic E-state index is -0.451. The van der Waals surface area contributed by atoms with Gasteiger partial charge in [0.25, 0.3) is 0 Å². The van der Waals surface area contributed by atoms with Crippen molar-refractivity contribution < 1.29 is 9.59 Å². The van der Waals surface area contributed by atoms with Gasteiger partial charge in [0.15, 0.2) is 0 Å². The Morgan fingerprint density at radius 1 is 1.38 bits per heavy atom. The average Bonchev–Trinajstić information content (AvgIpc) is 2.52. The number of piperidine rings is 1. The highest BCUT2D eigenvalue weighted by molar-refractivity contribution is 5.92. The summed E-state index contributed by atoms with van der Waals surface area (Å²) in [5.41, 5.74) is 6.59. The molecule has 0 aliphatic carbocycles. The van der Waals surface area contributed by atoms with Crippen molar-refractivity contribution in [2.24, 2.45) is 11.7 Å². The van der Waals surface area contributed by atoms with E-state index in [0.29, 0.717) is 24.4 Å². The van der Waals surface area contributed by atoms with Gasteiger partial charge >= 0.3 is 0 Å². The first-order valence-electron chi connectivity index (χ1n) is 7.51. The molecule has 1 unspecified atom stereocenters. The number of carbonyl (C=O) groups is 2. The Bertz CT molecular complexity index is 496. The molecule has 2 rings (SSSR count). The van der Waals surface area contributed by atoms with Crippen LogP contribution in [0.4, 0.5) is 0 Å². The maximum absolute atomic E-state index is 11.9. The first-order chi connectivity index (χ1) is 10.1. The quantitative estimate of drug-likeness (QED) is 0.735. The van der Waals surface area contributed by atoms with E-state index in [9.17, 15) is 9.59 Å². The van der Waals surface area contributed by atoms with Gasteiger partial charge in [0, 0.05) is 18.5 Å². The van der Waals surface area contributed by atoms with Crippen molar-refractivity contribution in [2.75, 3.05) is 13.1 Å². The van der Waals surface area contributed by atoms with Gasteiger partial charge in [-0.15, -0.1) is 0 Å². The number of hydrogen-bond donors (Lipinski definition) is 3. The lowest BCUT2D eigenvalue weighted by Gasteiger charge is -2.22. The predicted octanol–water partition coefficient (Wildman–Crippen LogP) is 1.18. The molecular weight excluding hydrogens is 266 g/mol. The van der Waals surface area contributed by atoms with E-state index in [4.69, 9.17) is 5.73 Å². The summed E-state index contributed by atoms with van der Waals surface area (Å²) in [5.74, 6) is 0.223. The normalized spacial score (nSPS) is 18.2. The van der Waals surface area contributed by atoms with Crippen LogP contribution in [0, 0.1) is 5.92 Å². The average molecular weight is 289 g/mol. The van der Waals surface area contributed by atoms with E-state index in [2.05, 4.69) is 10.6 Å². The van der Waals surface area contributed by atoms with Gasteiger partial charge in [-0.05, 0) is 56.0 Å². The van der Waals surface area contributed by atoms with E-state index in [1.54, 1.807) is 18.2 Å². The van der Waals surface area contributed by atoms with Gasteiger partial charge in [-0.3, -0.25) is 9.59 Å². The molecule has 1 aliphatic rings. The lowest BCUT2D eigenvalue weighted by atomic mass is 9.94. The molecule has 0 saturated carbocycles. The summed E-state index contributed by atoms with van der Waals surface area (Å²) in [6, 6.07) is 7.03. The second kappa shape index (κ2) is 7.78. The Morgan fingerprint density at radius 3 is 2.95 bits per heavy atom. The molecule has 1 aromatic carbocycles. The van der Waals surface area contributed by atoms with Crippen molar-refractivity contribution in [3.8, 4) is 0 Å². The summed E-state index contributed by atoms with van der Waals surface area (Å²) in [6.45, 7) is 2.55. The third-order valence-electron chi connectivity index (χ3n) is 3.88. The first-order valence-corrected chi connectivity index (χ1v) is 7.51. The molecule has 114 valence electrons. The van der Waals surface area contributed by atoms with E-state index in [0.717, 1.165) is 25.1 Å². The molecule has 1 atom stereocenters. The smallest absolute Gasteiger partial charge is 0.248 e. The van der Waals surface area contributed by atoms with Gasteiger partial charge in [-0.2, -0.15) is 0 Å². The molecule has 0 spiro atoms. The fourth-order valence-corrected chi connectivity index (χ4v) is 2.63. The zero-order valence-electron chi connectivity index (χ0n) is 12.2. The maximum Gasteiger partial charge on any atom is 0.248 e. The van der Waals surface area contributed by atoms with Crippen molar-refractivity contribution in [1.29, 1.82) is 0 Å². The van der Waals surface area contributed by atoms with Gasteiger partial charge in [0.2, 0.25) is 11.8 Å². The van der Waals surface area contributed by atoms with Crippen molar-refractivity contribution in [2.45, 2.75) is 32.2 Å². The number of nitrogens with one attached hydrogen (secondary N) is 2. The van der Waals surface area contributed by atoms with E-state index in [-0.39, 0.29) is 5.91 Å². The fraction of sp³-hybridized carbons (Fsp3) is 0.500. The van der Waals surface area contributed by atoms with Crippen molar-refractivity contribution in [3.63, 3.8) is 0 Å². The van der Waals surface area contributed by atoms with Gasteiger partial charge in [0.1, 0.15) is 0 Å². The van der Waals surface area contributed by atoms with Crippen LogP contribution in [0.25, 0.3) is 0 Å². The van der Waals surface area contributed by atoms with Crippen molar-refractivity contribution >= 4 is 11.8 Å². The number of primary amides is 1. The molecule has 2 amide bonds. The molecule has 1 fully saturated rings. The highest BCUT2D eigenvalue weighted by Crippen LogP contribution is 2.15. The van der Waals surface area contributed by atoms with Crippen LogP contribution in [0.15, 0.2) is 24.3 Å². The Morgan fingerprint density at radius 2 is 2.24 bits per heavy atom. The molecule has 1 aliphatic heterocycles. The molecular formula is C16H23N3O2. The minimum absolute atomic E-state index is 0.0602. The number of rotatable bonds is 6. The van der Waals surface area contributed by atoms with Gasteiger partial charge in [-0.25, -0.2) is 0 Å². The highest BCUT2D eigenvalue weighted by Gasteiger charge is 2.14. The molecule has 0 aromatic heterocycles. The van der Waals surface area contributed by atoms with Gasteiger partial charge in [-0.1, -0.05) is 12.1 Å². The molecule has 0 bridgehead atoms. The predicted molar refractivity (Wildman–Crippen MR) is 81.6 cm³/mol. The van der Waals surface area contributed by atoms with Gasteiger partial charge in [0.05, 0.1) is 0 Å². The Labute approximate surface area is 125 Å². The molecule has 5 heteroatoms. The minimum Gasteiger partial charge on any atom is -0.366 e. The second-order valence-corrected chi connectivity index (χ2v) is 5.59. The highest BCUT2D eigenvalue weighted by atomic mass is 16.1. The molecule has 21 heavy (non-hydrogen) atoms. The lowest BCUT2D eigenvalue weighted by Crippen LogP contribution is -2.31. The van der Waals surface area contributed by atoms with Crippen molar-refractivity contribution in [1.82, 2.24) is 10.6 Å². The van der Waals surface area contributed by atoms with E-state index in [1.165, 1.54) is 12.8 Å². The van der Waals surface area contributed by atoms with Gasteiger partial charge < -0.3 is 16.4 Å². The zero-order valence-corrected chi connectivity index (χ0v) is 12.2.